The van der Waals surface area contributed by atoms with Gasteiger partial charge < -0.3 is 15.4 Å². The number of nitrogens with one attached hydrogen (secondary N) is 2. The van der Waals surface area contributed by atoms with Gasteiger partial charge in [-0.15, -0.1) is 0 Å². The van der Waals surface area contributed by atoms with Crippen LogP contribution in [-0.4, -0.2) is 43.0 Å². The maximum absolute atomic E-state index is 12.9. The Kier molecular flexibility index (Phi) is 8.47. The van der Waals surface area contributed by atoms with Crippen LogP contribution in [0.25, 0.3) is 0 Å². The monoisotopic (exact) mass is 409 g/mol. The fourth-order valence-electron chi connectivity index (χ4n) is 2.46. The van der Waals surface area contributed by atoms with E-state index in [9.17, 15) is 22.8 Å². The number of carbonyl (C=O) groups excluding carboxylic acids is 2. The van der Waals surface area contributed by atoms with Crippen LogP contribution >= 0.6 is 0 Å². The second kappa shape index (κ2) is 11.1. The second-order valence-electron chi connectivity index (χ2n) is 6.16. The van der Waals surface area contributed by atoms with Crippen molar-refractivity contribution in [3.05, 3.63) is 59.9 Å². The summed E-state index contributed by atoms with van der Waals surface area (Å²) in [7, 11) is 0. The average molecular weight is 409 g/mol. The minimum absolute atomic E-state index is 0.00832. The summed E-state index contributed by atoms with van der Waals surface area (Å²) in [6.45, 7) is -0.365. The van der Waals surface area contributed by atoms with E-state index in [0.717, 1.165) is 5.56 Å². The van der Waals surface area contributed by atoms with E-state index in [1.165, 1.54) is 36.4 Å². The molecule has 0 heterocycles. The van der Waals surface area contributed by atoms with Gasteiger partial charge in [-0.2, -0.15) is 8.78 Å². The first kappa shape index (κ1) is 22.2. The molecule has 0 radical (unpaired) electrons. The van der Waals surface area contributed by atoms with Crippen molar-refractivity contribution >= 4 is 17.5 Å². The van der Waals surface area contributed by atoms with Crippen LogP contribution < -0.4 is 15.4 Å². The Morgan fingerprint density at radius 3 is 2.21 bits per heavy atom. The number of alkyl halides is 2. The molecule has 0 saturated heterocycles. The molecular weight excluding hydrogens is 387 g/mol. The topological polar surface area (TPSA) is 70.7 Å². The summed E-state index contributed by atoms with van der Waals surface area (Å²) in [5, 5.41) is 5.35. The van der Waals surface area contributed by atoms with Crippen molar-refractivity contribution in [2.24, 2.45) is 0 Å². The lowest BCUT2D eigenvalue weighted by Crippen LogP contribution is -2.40. The highest BCUT2D eigenvalue weighted by atomic mass is 19.3. The van der Waals surface area contributed by atoms with E-state index >= 15 is 0 Å². The molecule has 9 heteroatoms. The maximum atomic E-state index is 12.9. The number of benzene rings is 2. The summed E-state index contributed by atoms with van der Waals surface area (Å²) in [5.74, 6) is -0.969. The van der Waals surface area contributed by atoms with Gasteiger partial charge in [0.15, 0.2) is 0 Å². The van der Waals surface area contributed by atoms with Gasteiger partial charge in [-0.3, -0.25) is 14.5 Å². The van der Waals surface area contributed by atoms with E-state index in [2.05, 4.69) is 15.4 Å². The van der Waals surface area contributed by atoms with Crippen molar-refractivity contribution < 1.29 is 27.5 Å². The number of anilines is 1. The lowest BCUT2D eigenvalue weighted by atomic mass is 10.2. The molecule has 2 aromatic carbocycles. The van der Waals surface area contributed by atoms with Crippen LogP contribution in [-0.2, 0) is 16.1 Å². The zero-order valence-electron chi connectivity index (χ0n) is 15.8. The fraction of sp³-hybridized carbons (Fsp3) is 0.300. The molecule has 0 fully saturated rings. The Labute approximate surface area is 166 Å². The van der Waals surface area contributed by atoms with Gasteiger partial charge in [-0.1, -0.05) is 19.1 Å². The molecule has 2 amide bonds. The number of likely N-dealkylation sites (N-methyl/N-ethyl adjacent to an activating group) is 1. The Morgan fingerprint density at radius 2 is 1.62 bits per heavy atom. The van der Waals surface area contributed by atoms with Gasteiger partial charge in [0.05, 0.1) is 13.1 Å². The number of hydrogen-bond donors (Lipinski definition) is 2. The minimum Gasteiger partial charge on any atom is -0.435 e. The summed E-state index contributed by atoms with van der Waals surface area (Å²) in [6.07, 6.45) is 0. The highest BCUT2D eigenvalue weighted by molar-refractivity contribution is 5.92. The van der Waals surface area contributed by atoms with Crippen molar-refractivity contribution in [3.8, 4) is 5.75 Å². The molecule has 0 aromatic heterocycles. The van der Waals surface area contributed by atoms with E-state index in [0.29, 0.717) is 12.2 Å². The average Bonchev–Trinajstić information content (AvgIpc) is 2.68. The molecule has 2 rings (SSSR count). The van der Waals surface area contributed by atoms with Crippen molar-refractivity contribution in [2.75, 3.05) is 25.0 Å². The van der Waals surface area contributed by atoms with Crippen molar-refractivity contribution in [1.29, 1.82) is 0 Å². The molecule has 2 N–H and O–H groups in total. The third-order valence-corrected chi connectivity index (χ3v) is 3.95. The summed E-state index contributed by atoms with van der Waals surface area (Å²) in [5.41, 5.74) is 1.19. The van der Waals surface area contributed by atoms with E-state index in [1.807, 2.05) is 6.92 Å². The van der Waals surface area contributed by atoms with Gasteiger partial charge in [-0.25, -0.2) is 4.39 Å². The van der Waals surface area contributed by atoms with Gasteiger partial charge in [0.25, 0.3) is 0 Å². The summed E-state index contributed by atoms with van der Waals surface area (Å²) in [4.78, 5) is 25.9. The number of amides is 2. The van der Waals surface area contributed by atoms with Crippen LogP contribution in [0.2, 0.25) is 0 Å². The number of carbonyl (C=O) groups is 2. The number of rotatable bonds is 10. The zero-order chi connectivity index (χ0) is 21.2. The first-order valence-electron chi connectivity index (χ1n) is 8.94. The molecule has 0 bridgehead atoms. The van der Waals surface area contributed by atoms with Crippen LogP contribution in [0.15, 0.2) is 48.5 Å². The van der Waals surface area contributed by atoms with Crippen molar-refractivity contribution in [2.45, 2.75) is 20.1 Å². The third kappa shape index (κ3) is 8.22. The van der Waals surface area contributed by atoms with Gasteiger partial charge in [-0.05, 0) is 48.5 Å². The first-order valence-corrected chi connectivity index (χ1v) is 8.94. The van der Waals surface area contributed by atoms with E-state index in [-0.39, 0.29) is 43.0 Å². The predicted molar refractivity (Wildman–Crippen MR) is 102 cm³/mol. The first-order chi connectivity index (χ1) is 13.9. The molecule has 0 aliphatic carbocycles. The smallest absolute Gasteiger partial charge is 0.387 e. The number of halogens is 3. The standard InChI is InChI=1S/C20H22F3N3O3/c1-2-26(12-18(27)24-11-14-3-5-15(21)6-4-14)13-19(28)25-16-7-9-17(10-8-16)29-20(22)23/h3-10,20H,2,11-13H2,1H3,(H,24,27)(H,25,28). The van der Waals surface area contributed by atoms with Gasteiger partial charge in [0, 0.05) is 12.2 Å². The van der Waals surface area contributed by atoms with Crippen molar-refractivity contribution in [1.82, 2.24) is 10.2 Å². The SMILES string of the molecule is CCN(CC(=O)NCc1ccc(F)cc1)CC(=O)Nc1ccc(OC(F)F)cc1. The highest BCUT2D eigenvalue weighted by Gasteiger charge is 2.13. The minimum atomic E-state index is -2.91. The van der Waals surface area contributed by atoms with E-state index in [1.54, 1.807) is 17.0 Å². The van der Waals surface area contributed by atoms with Crippen LogP contribution in [0.5, 0.6) is 5.75 Å². The molecule has 29 heavy (non-hydrogen) atoms. The maximum Gasteiger partial charge on any atom is 0.387 e. The molecular formula is C20H22F3N3O3. The van der Waals surface area contributed by atoms with Crippen LogP contribution in [0, 0.1) is 5.82 Å². The zero-order valence-corrected chi connectivity index (χ0v) is 15.8. The number of hydrogen-bond acceptors (Lipinski definition) is 4. The highest BCUT2D eigenvalue weighted by Crippen LogP contribution is 2.17. The van der Waals surface area contributed by atoms with Crippen LogP contribution in [0.4, 0.5) is 18.9 Å². The molecule has 156 valence electrons. The lowest BCUT2D eigenvalue weighted by Gasteiger charge is -2.19. The normalized spacial score (nSPS) is 10.8. The van der Waals surface area contributed by atoms with Crippen LogP contribution in [0.3, 0.4) is 0 Å². The van der Waals surface area contributed by atoms with Gasteiger partial charge in [0.1, 0.15) is 11.6 Å². The number of ether oxygens (including phenoxy) is 1. The van der Waals surface area contributed by atoms with E-state index in [4.69, 9.17) is 0 Å². The van der Waals surface area contributed by atoms with Crippen LogP contribution in [0.1, 0.15) is 12.5 Å². The fourth-order valence-corrected chi connectivity index (χ4v) is 2.46. The Bertz CT molecular complexity index is 799. The molecule has 0 aliphatic heterocycles. The Balaban J connectivity index is 1.78. The number of nitrogens with zero attached hydrogens (tertiary/aromatic N) is 1. The molecule has 0 atom stereocenters. The largest absolute Gasteiger partial charge is 0.435 e. The molecule has 0 saturated carbocycles. The second-order valence-corrected chi connectivity index (χ2v) is 6.16. The third-order valence-electron chi connectivity index (χ3n) is 3.95. The Hall–Kier alpha value is -3.07. The molecule has 6 nitrogen and oxygen atoms in total. The molecule has 0 spiro atoms. The van der Waals surface area contributed by atoms with Crippen molar-refractivity contribution in [3.63, 3.8) is 0 Å². The Morgan fingerprint density at radius 1 is 1.00 bits per heavy atom. The molecule has 0 aliphatic rings. The predicted octanol–water partition coefficient (Wildman–Crippen LogP) is 3.00. The van der Waals surface area contributed by atoms with Gasteiger partial charge >= 0.3 is 6.61 Å². The summed E-state index contributed by atoms with van der Waals surface area (Å²) >= 11 is 0. The summed E-state index contributed by atoms with van der Waals surface area (Å²) in [6, 6.07) is 11.3. The van der Waals surface area contributed by atoms with E-state index < -0.39 is 6.61 Å². The molecule has 2 aromatic rings. The lowest BCUT2D eigenvalue weighted by molar-refractivity contribution is -0.123. The summed E-state index contributed by atoms with van der Waals surface area (Å²) < 4.78 is 41.4. The quantitative estimate of drug-likeness (QED) is 0.633. The molecule has 0 unspecified atom stereocenters. The van der Waals surface area contributed by atoms with Gasteiger partial charge in [0.2, 0.25) is 11.8 Å².